The van der Waals surface area contributed by atoms with Crippen molar-refractivity contribution >= 4 is 56.7 Å². The van der Waals surface area contributed by atoms with Crippen LogP contribution in [-0.4, -0.2) is 55.7 Å². The molecule has 2 N–H and O–H groups in total. The quantitative estimate of drug-likeness (QED) is 0.314. The SMILES string of the molecule is COC(=O)C(Cc1ccc(NC(=O)c2c(Cl)cccc2Cl)cc1)NC(=O)C1C2CCC(CC2)N1S(=O)(=O)c1ccccc1. The molecular weight excluding hydrogens is 613 g/mol. The lowest BCUT2D eigenvalue weighted by atomic mass is 9.76. The van der Waals surface area contributed by atoms with Gasteiger partial charge in [0.25, 0.3) is 5.91 Å². The largest absolute Gasteiger partial charge is 0.467 e. The molecule has 1 aliphatic carbocycles. The summed E-state index contributed by atoms with van der Waals surface area (Å²) in [5, 5.41) is 5.98. The number of sulfonamides is 1. The molecule has 12 heteroatoms. The number of methoxy groups -OCH3 is 1. The summed E-state index contributed by atoms with van der Waals surface area (Å²) in [7, 11) is -2.71. The molecule has 2 amide bonds. The molecule has 43 heavy (non-hydrogen) atoms. The van der Waals surface area contributed by atoms with Crippen LogP contribution in [0.1, 0.15) is 41.6 Å². The van der Waals surface area contributed by atoms with Crippen LogP contribution in [0.15, 0.2) is 77.7 Å². The predicted molar refractivity (Wildman–Crippen MR) is 164 cm³/mol. The number of carbonyl (C=O) groups excluding carboxylic acids is 3. The summed E-state index contributed by atoms with van der Waals surface area (Å²) in [5.41, 5.74) is 1.31. The average Bonchev–Trinajstić information content (AvgIpc) is 3.01. The monoisotopic (exact) mass is 643 g/mol. The normalized spacial score (nSPS) is 20.7. The van der Waals surface area contributed by atoms with E-state index in [1.165, 1.54) is 23.5 Å². The Morgan fingerprint density at radius 2 is 1.53 bits per heavy atom. The van der Waals surface area contributed by atoms with Crippen LogP contribution in [0.5, 0.6) is 0 Å². The highest BCUT2D eigenvalue weighted by atomic mass is 35.5. The zero-order valence-electron chi connectivity index (χ0n) is 23.3. The second-order valence-electron chi connectivity index (χ2n) is 10.7. The van der Waals surface area contributed by atoms with Gasteiger partial charge < -0.3 is 15.4 Å². The molecule has 9 nitrogen and oxygen atoms in total. The first-order valence-corrected chi connectivity index (χ1v) is 16.1. The number of fused-ring (bicyclic) bond motifs is 3. The van der Waals surface area contributed by atoms with E-state index in [0.29, 0.717) is 24.1 Å². The lowest BCUT2D eigenvalue weighted by molar-refractivity contribution is -0.146. The van der Waals surface area contributed by atoms with Gasteiger partial charge in [0.2, 0.25) is 15.9 Å². The van der Waals surface area contributed by atoms with Crippen molar-refractivity contribution in [3.63, 3.8) is 0 Å². The summed E-state index contributed by atoms with van der Waals surface area (Å²) in [6.07, 6.45) is 2.94. The molecule has 0 radical (unpaired) electrons. The highest BCUT2D eigenvalue weighted by Crippen LogP contribution is 2.42. The van der Waals surface area contributed by atoms with E-state index in [0.717, 1.165) is 12.8 Å². The molecule has 6 rings (SSSR count). The van der Waals surface area contributed by atoms with E-state index in [2.05, 4.69) is 10.6 Å². The molecule has 3 aromatic carbocycles. The van der Waals surface area contributed by atoms with Crippen molar-refractivity contribution < 1.29 is 27.5 Å². The molecule has 2 bridgehead atoms. The van der Waals surface area contributed by atoms with Crippen molar-refractivity contribution in [3.05, 3.63) is 94.0 Å². The van der Waals surface area contributed by atoms with Crippen LogP contribution in [0.4, 0.5) is 5.69 Å². The third kappa shape index (κ3) is 6.57. The maximum absolute atomic E-state index is 13.8. The Bertz CT molecular complexity index is 1590. The Hall–Kier alpha value is -3.44. The highest BCUT2D eigenvalue weighted by molar-refractivity contribution is 7.89. The first-order valence-electron chi connectivity index (χ1n) is 13.9. The van der Waals surface area contributed by atoms with Gasteiger partial charge in [0, 0.05) is 18.2 Å². The predicted octanol–water partition coefficient (Wildman–Crippen LogP) is 5.08. The molecule has 3 aliphatic rings. The van der Waals surface area contributed by atoms with Gasteiger partial charge in [-0.05, 0) is 73.6 Å². The number of hydrogen-bond donors (Lipinski definition) is 2. The first-order chi connectivity index (χ1) is 20.6. The maximum Gasteiger partial charge on any atom is 0.328 e. The van der Waals surface area contributed by atoms with Gasteiger partial charge in [-0.25, -0.2) is 13.2 Å². The standard InChI is InChI=1S/C31H31Cl2N3O6S/c1-42-31(39)26(18-19-10-14-21(15-11-19)34-29(37)27-24(32)8-5-9-25(27)33)35-30(38)28-20-12-16-22(17-13-20)36(28)43(40,41)23-6-3-2-4-7-23/h2-11,14-15,20,22,26,28H,12-13,16-18H2,1H3,(H,34,37)(H,35,38). The smallest absolute Gasteiger partial charge is 0.328 e. The third-order valence-electron chi connectivity index (χ3n) is 8.05. The van der Waals surface area contributed by atoms with E-state index >= 15 is 0 Å². The summed E-state index contributed by atoms with van der Waals surface area (Å²) >= 11 is 12.3. The van der Waals surface area contributed by atoms with Gasteiger partial charge in [0.15, 0.2) is 0 Å². The van der Waals surface area contributed by atoms with Crippen molar-refractivity contribution in [2.45, 2.75) is 55.1 Å². The number of carbonyl (C=O) groups is 3. The van der Waals surface area contributed by atoms with Crippen molar-refractivity contribution in [1.82, 2.24) is 9.62 Å². The lowest BCUT2D eigenvalue weighted by Gasteiger charge is -2.49. The van der Waals surface area contributed by atoms with Crippen LogP contribution >= 0.6 is 23.2 Å². The highest BCUT2D eigenvalue weighted by Gasteiger charge is 2.51. The van der Waals surface area contributed by atoms with Crippen molar-refractivity contribution in [3.8, 4) is 0 Å². The third-order valence-corrected chi connectivity index (χ3v) is 10.6. The Labute approximate surface area is 260 Å². The molecule has 2 saturated heterocycles. The number of amides is 2. The van der Waals surface area contributed by atoms with Gasteiger partial charge in [-0.15, -0.1) is 0 Å². The maximum atomic E-state index is 13.8. The average molecular weight is 645 g/mol. The van der Waals surface area contributed by atoms with Gasteiger partial charge >= 0.3 is 5.97 Å². The summed E-state index contributed by atoms with van der Waals surface area (Å²) < 4.78 is 33.7. The van der Waals surface area contributed by atoms with Crippen LogP contribution in [0, 0.1) is 5.92 Å². The fraction of sp³-hybridized carbons (Fsp3) is 0.323. The van der Waals surface area contributed by atoms with Gasteiger partial charge in [-0.3, -0.25) is 9.59 Å². The molecule has 2 aliphatic heterocycles. The summed E-state index contributed by atoms with van der Waals surface area (Å²) in [6.45, 7) is 0. The fourth-order valence-electron chi connectivity index (χ4n) is 5.96. The molecule has 0 aromatic heterocycles. The van der Waals surface area contributed by atoms with Crippen LogP contribution in [0.3, 0.4) is 0 Å². The molecule has 226 valence electrons. The zero-order valence-corrected chi connectivity index (χ0v) is 25.7. The molecule has 2 unspecified atom stereocenters. The summed E-state index contributed by atoms with van der Waals surface area (Å²) in [4.78, 5) is 39.4. The van der Waals surface area contributed by atoms with Crippen molar-refractivity contribution in [2.75, 3.05) is 12.4 Å². The molecule has 3 fully saturated rings. The van der Waals surface area contributed by atoms with Crippen LogP contribution in [0.2, 0.25) is 10.0 Å². The van der Waals surface area contributed by atoms with Crippen LogP contribution < -0.4 is 10.6 Å². The molecule has 2 atom stereocenters. The van der Waals surface area contributed by atoms with Crippen molar-refractivity contribution in [1.29, 1.82) is 0 Å². The minimum absolute atomic E-state index is 0.0925. The fourth-order valence-corrected chi connectivity index (χ4v) is 8.44. The minimum atomic E-state index is -3.94. The minimum Gasteiger partial charge on any atom is -0.467 e. The van der Waals surface area contributed by atoms with Crippen LogP contribution in [-0.2, 0) is 30.8 Å². The summed E-state index contributed by atoms with van der Waals surface area (Å²) in [5.74, 6) is -1.81. The Morgan fingerprint density at radius 3 is 2.14 bits per heavy atom. The van der Waals surface area contributed by atoms with Crippen molar-refractivity contribution in [2.24, 2.45) is 5.92 Å². The van der Waals surface area contributed by atoms with E-state index in [-0.39, 0.29) is 38.9 Å². The second kappa shape index (κ2) is 13.1. The van der Waals surface area contributed by atoms with Gasteiger partial charge in [0.05, 0.1) is 27.6 Å². The molecule has 3 aromatic rings. The van der Waals surface area contributed by atoms with Gasteiger partial charge in [0.1, 0.15) is 12.1 Å². The number of anilines is 1. The van der Waals surface area contributed by atoms with E-state index in [9.17, 15) is 22.8 Å². The van der Waals surface area contributed by atoms with E-state index in [1.54, 1.807) is 60.7 Å². The number of benzene rings is 3. The number of piperidine rings is 2. The number of esters is 1. The Kier molecular flexibility index (Phi) is 9.41. The Morgan fingerprint density at radius 1 is 0.907 bits per heavy atom. The molecule has 1 saturated carbocycles. The van der Waals surface area contributed by atoms with E-state index < -0.39 is 39.9 Å². The lowest BCUT2D eigenvalue weighted by Crippen LogP contribution is -2.63. The van der Waals surface area contributed by atoms with Gasteiger partial charge in [-0.1, -0.05) is 59.6 Å². The first kappa shape index (κ1) is 31.0. The van der Waals surface area contributed by atoms with Gasteiger partial charge in [-0.2, -0.15) is 4.31 Å². The zero-order chi connectivity index (χ0) is 30.7. The summed E-state index contributed by atoms with van der Waals surface area (Å²) in [6, 6.07) is 17.3. The number of ether oxygens (including phenoxy) is 1. The molecule has 0 spiro atoms. The van der Waals surface area contributed by atoms with Crippen LogP contribution in [0.25, 0.3) is 0 Å². The number of rotatable bonds is 9. The van der Waals surface area contributed by atoms with E-state index in [4.69, 9.17) is 27.9 Å². The molecule has 2 heterocycles. The number of nitrogens with one attached hydrogen (secondary N) is 2. The number of halogens is 2. The topological polar surface area (TPSA) is 122 Å². The number of hydrogen-bond acceptors (Lipinski definition) is 6. The van der Waals surface area contributed by atoms with E-state index in [1.807, 2.05) is 0 Å². The molecular formula is C31H31Cl2N3O6S. The Balaban J connectivity index is 1.32. The second-order valence-corrected chi connectivity index (χ2v) is 13.4. The number of nitrogens with zero attached hydrogens (tertiary/aromatic N) is 1.